The summed E-state index contributed by atoms with van der Waals surface area (Å²) in [4.78, 5) is 31.2. The van der Waals surface area contributed by atoms with Gasteiger partial charge in [-0.05, 0) is 107 Å². The number of aromatic nitrogens is 8. The predicted molar refractivity (Wildman–Crippen MR) is 407 cm³/mol. The molecule has 0 amide bonds. The largest absolute Gasteiger partial charge is 0.309 e. The van der Waals surface area contributed by atoms with Gasteiger partial charge >= 0.3 is 0 Å². The summed E-state index contributed by atoms with van der Waals surface area (Å²) in [5.74, 6) is 1.33. The highest BCUT2D eigenvalue weighted by Gasteiger charge is 2.22. The lowest BCUT2D eigenvalue weighted by atomic mass is 9.97. The zero-order valence-electron chi connectivity index (χ0n) is 52.6. The quantitative estimate of drug-likeness (QED) is 0.121. The molecule has 13 aromatic carbocycles. The average Bonchev–Trinajstić information content (AvgIpc) is 1.58. The predicted octanol–water partition coefficient (Wildman–Crippen LogP) is 23.4. The second kappa shape index (κ2) is 23.7. The first-order valence-corrected chi connectivity index (χ1v) is 34.3. The van der Waals surface area contributed by atoms with Crippen LogP contribution in [0.2, 0.25) is 0 Å². The number of hydrogen-bond acceptors (Lipinski definition) is 8. The summed E-state index contributed by atoms with van der Waals surface area (Å²) in [5.41, 5.74) is 24.6. The standard InChI is InChI=1S/C88H54N8S2/c1-4-18-58(19-5-1)74-53-75(59-20-6-2-7-21-59)90-85(89-74)62-40-34-55(35-41-62)56-42-46-66(47-43-56)95-79-31-17-27-68(84(79)71-49-45-65(52-81(71)95)88-94-73-29-12-15-33-83(73)98-88)57-36-38-61(39-37-57)77-54-76(60-22-8-3-9-23-60)91-86(92-77)63-24-16-25-67(50-63)96-78-30-13-10-26-69(78)70-48-44-64(51-80(70)96)87-93-72-28-11-14-32-82(72)97-87/h1-54H. The SMILES string of the molecule is c1ccc(-c2cc(-c3ccccc3)nc(-c3ccc(-c4ccc(-n5c6cc(-c7nc8ccccc8s7)ccc6c6c(-c7ccc(-c8cc(-c9ccccc9)nc(-c9cccc(-n%10c%11ccccc%11c%11ccc(-c%12nc%13ccccc%13s%12)cc%11%10)c9)n8)cc7)cccc65)cc4)cc3)n2)cc1. The van der Waals surface area contributed by atoms with Gasteiger partial charge in [0.1, 0.15) is 10.0 Å². The van der Waals surface area contributed by atoms with E-state index in [0.29, 0.717) is 11.6 Å². The second-order valence-electron chi connectivity index (χ2n) is 24.6. The molecule has 10 heteroatoms. The Balaban J connectivity index is 0.684. The Hall–Kier alpha value is -12.6. The van der Waals surface area contributed by atoms with E-state index in [1.807, 2.05) is 42.5 Å². The molecule has 98 heavy (non-hydrogen) atoms. The number of nitrogens with zero attached hydrogens (tertiary/aromatic N) is 8. The van der Waals surface area contributed by atoms with Crippen molar-refractivity contribution in [1.29, 1.82) is 0 Å². The maximum atomic E-state index is 5.42. The molecule has 6 heterocycles. The van der Waals surface area contributed by atoms with Crippen molar-refractivity contribution in [3.8, 4) is 123 Å². The van der Waals surface area contributed by atoms with Crippen LogP contribution in [-0.2, 0) is 0 Å². The fourth-order valence-corrected chi connectivity index (χ4v) is 15.8. The van der Waals surface area contributed by atoms with Gasteiger partial charge in [0.05, 0.1) is 65.3 Å². The molecule has 19 aromatic rings. The fraction of sp³-hybridized carbons (Fsp3) is 0. The first-order chi connectivity index (χ1) is 48.5. The average molecular weight is 1290 g/mol. The highest BCUT2D eigenvalue weighted by molar-refractivity contribution is 7.22. The van der Waals surface area contributed by atoms with E-state index < -0.39 is 0 Å². The number of hydrogen-bond donors (Lipinski definition) is 0. The van der Waals surface area contributed by atoms with E-state index in [2.05, 4.69) is 294 Å². The maximum absolute atomic E-state index is 5.42. The number of rotatable bonds is 12. The lowest BCUT2D eigenvalue weighted by Gasteiger charge is -2.13. The summed E-state index contributed by atoms with van der Waals surface area (Å²) >= 11 is 3.45. The van der Waals surface area contributed by atoms with Crippen LogP contribution in [0.25, 0.3) is 187 Å². The molecule has 0 aliphatic carbocycles. The van der Waals surface area contributed by atoms with Crippen molar-refractivity contribution in [2.45, 2.75) is 0 Å². The molecule has 0 radical (unpaired) electrons. The molecule has 6 aromatic heterocycles. The minimum Gasteiger partial charge on any atom is -0.309 e. The molecule has 0 bridgehead atoms. The first kappa shape index (κ1) is 56.9. The van der Waals surface area contributed by atoms with E-state index in [1.54, 1.807) is 22.7 Å². The van der Waals surface area contributed by atoms with Gasteiger partial charge in [0.25, 0.3) is 0 Å². The third-order valence-electron chi connectivity index (χ3n) is 18.7. The summed E-state index contributed by atoms with van der Waals surface area (Å²) < 4.78 is 7.12. The summed E-state index contributed by atoms with van der Waals surface area (Å²) in [6, 6.07) is 116. The molecule has 8 nitrogen and oxygen atoms in total. The summed E-state index contributed by atoms with van der Waals surface area (Å²) in [5, 5.41) is 6.69. The van der Waals surface area contributed by atoms with Crippen LogP contribution in [0.1, 0.15) is 0 Å². The highest BCUT2D eigenvalue weighted by atomic mass is 32.1. The van der Waals surface area contributed by atoms with Gasteiger partial charge in [0.2, 0.25) is 0 Å². The molecule has 0 fully saturated rings. The molecular formula is C88H54N8S2. The van der Waals surface area contributed by atoms with E-state index in [9.17, 15) is 0 Å². The van der Waals surface area contributed by atoms with Crippen LogP contribution >= 0.6 is 22.7 Å². The monoisotopic (exact) mass is 1290 g/mol. The lowest BCUT2D eigenvalue weighted by molar-refractivity contribution is 1.16. The number of fused-ring (bicyclic) bond motifs is 8. The Bertz CT molecular complexity index is 6150. The minimum absolute atomic E-state index is 0.644. The fourth-order valence-electron chi connectivity index (χ4n) is 13.9. The normalized spacial score (nSPS) is 11.7. The van der Waals surface area contributed by atoms with Crippen LogP contribution < -0.4 is 0 Å². The molecule has 0 saturated carbocycles. The van der Waals surface area contributed by atoms with Crippen LogP contribution in [0.3, 0.4) is 0 Å². The van der Waals surface area contributed by atoms with Crippen molar-refractivity contribution in [3.63, 3.8) is 0 Å². The zero-order chi connectivity index (χ0) is 64.6. The van der Waals surface area contributed by atoms with Gasteiger partial charge in [0.15, 0.2) is 11.6 Å². The van der Waals surface area contributed by atoms with Gasteiger partial charge < -0.3 is 9.13 Å². The van der Waals surface area contributed by atoms with Crippen molar-refractivity contribution >= 4 is 86.7 Å². The van der Waals surface area contributed by atoms with Gasteiger partial charge in [-0.3, -0.25) is 0 Å². The lowest BCUT2D eigenvalue weighted by Crippen LogP contribution is -1.98. The third-order valence-corrected chi connectivity index (χ3v) is 20.8. The van der Waals surface area contributed by atoms with Gasteiger partial charge in [-0.1, -0.05) is 243 Å². The minimum atomic E-state index is 0.644. The van der Waals surface area contributed by atoms with E-state index in [0.717, 1.165) is 154 Å². The van der Waals surface area contributed by atoms with Crippen molar-refractivity contribution in [2.24, 2.45) is 0 Å². The van der Waals surface area contributed by atoms with Gasteiger partial charge in [-0.25, -0.2) is 29.9 Å². The molecule has 458 valence electrons. The number of para-hydroxylation sites is 3. The summed E-state index contributed by atoms with van der Waals surface area (Å²) in [7, 11) is 0. The molecule has 0 saturated heterocycles. The third kappa shape index (κ3) is 10.1. The molecule has 0 aliphatic heterocycles. The summed E-state index contributed by atoms with van der Waals surface area (Å²) in [6.07, 6.45) is 0. The van der Waals surface area contributed by atoms with Crippen LogP contribution in [0.5, 0.6) is 0 Å². The van der Waals surface area contributed by atoms with Crippen molar-refractivity contribution in [2.75, 3.05) is 0 Å². The van der Waals surface area contributed by atoms with E-state index in [1.165, 1.54) is 20.9 Å². The van der Waals surface area contributed by atoms with E-state index in [4.69, 9.17) is 29.9 Å². The van der Waals surface area contributed by atoms with Gasteiger partial charge in [0, 0.05) is 77.4 Å². The molecule has 0 atom stereocenters. The van der Waals surface area contributed by atoms with Crippen molar-refractivity contribution < 1.29 is 0 Å². The van der Waals surface area contributed by atoms with Crippen LogP contribution in [0, 0.1) is 0 Å². The molecule has 0 spiro atoms. The van der Waals surface area contributed by atoms with Crippen LogP contribution in [-0.4, -0.2) is 39.0 Å². The molecule has 0 aliphatic rings. The Morgan fingerprint density at radius 1 is 0.224 bits per heavy atom. The molecule has 19 rings (SSSR count). The van der Waals surface area contributed by atoms with Gasteiger partial charge in [-0.15, -0.1) is 22.7 Å². The Labute approximate surface area is 572 Å². The van der Waals surface area contributed by atoms with E-state index >= 15 is 0 Å². The first-order valence-electron chi connectivity index (χ1n) is 32.7. The zero-order valence-corrected chi connectivity index (χ0v) is 54.2. The van der Waals surface area contributed by atoms with Crippen molar-refractivity contribution in [3.05, 3.63) is 328 Å². The Morgan fingerprint density at radius 3 is 1.21 bits per heavy atom. The highest BCUT2D eigenvalue weighted by Crippen LogP contribution is 2.44. The Morgan fingerprint density at radius 2 is 0.633 bits per heavy atom. The maximum Gasteiger partial charge on any atom is 0.160 e. The van der Waals surface area contributed by atoms with Gasteiger partial charge in [-0.2, -0.15) is 0 Å². The topological polar surface area (TPSA) is 87.2 Å². The van der Waals surface area contributed by atoms with Crippen LogP contribution in [0.15, 0.2) is 328 Å². The molecule has 0 unspecified atom stereocenters. The molecular weight excluding hydrogens is 1230 g/mol. The smallest absolute Gasteiger partial charge is 0.160 e. The number of thiazole rings is 2. The number of benzene rings is 13. The Kier molecular flexibility index (Phi) is 13.8. The second-order valence-corrected chi connectivity index (χ2v) is 26.7. The van der Waals surface area contributed by atoms with E-state index in [-0.39, 0.29) is 0 Å². The van der Waals surface area contributed by atoms with Crippen molar-refractivity contribution in [1.82, 2.24) is 39.0 Å². The van der Waals surface area contributed by atoms with Crippen LogP contribution in [0.4, 0.5) is 0 Å². The molecule has 0 N–H and O–H groups in total. The summed E-state index contributed by atoms with van der Waals surface area (Å²) in [6.45, 7) is 0.